The summed E-state index contributed by atoms with van der Waals surface area (Å²) < 4.78 is 9.62. The third-order valence-electron chi connectivity index (χ3n) is 2.52. The van der Waals surface area contributed by atoms with Crippen molar-refractivity contribution in [2.75, 3.05) is 26.3 Å². The van der Waals surface area contributed by atoms with E-state index in [1.165, 1.54) is 0 Å². The molecule has 3 N–H and O–H groups in total. The van der Waals surface area contributed by atoms with E-state index in [9.17, 15) is 9.59 Å². The molecule has 112 valence electrons. The summed E-state index contributed by atoms with van der Waals surface area (Å²) in [6, 6.07) is -0.528. The molecule has 0 aliphatic rings. The van der Waals surface area contributed by atoms with Crippen LogP contribution < -0.4 is 11.1 Å². The van der Waals surface area contributed by atoms with Crippen molar-refractivity contribution in [3.05, 3.63) is 0 Å². The van der Waals surface area contributed by atoms with E-state index < -0.39 is 6.04 Å². The molecule has 0 bridgehead atoms. The van der Waals surface area contributed by atoms with Crippen LogP contribution in [-0.2, 0) is 19.1 Å². The lowest BCUT2D eigenvalue weighted by Crippen LogP contribution is -2.32. The number of rotatable bonds is 11. The van der Waals surface area contributed by atoms with E-state index in [-0.39, 0.29) is 11.9 Å². The Balaban J connectivity index is 3.35. The van der Waals surface area contributed by atoms with Gasteiger partial charge in [-0.2, -0.15) is 0 Å². The van der Waals surface area contributed by atoms with Crippen LogP contribution in [0.1, 0.15) is 39.5 Å². The number of unbranched alkanes of at least 4 members (excludes halogenated alkanes) is 1. The first kappa shape index (κ1) is 17.9. The summed E-state index contributed by atoms with van der Waals surface area (Å²) in [6.45, 7) is 5.75. The lowest BCUT2D eigenvalue weighted by molar-refractivity contribution is -0.145. The minimum Gasteiger partial charge on any atom is -0.466 e. The van der Waals surface area contributed by atoms with Gasteiger partial charge in [0.2, 0.25) is 0 Å². The highest BCUT2D eigenvalue weighted by atomic mass is 16.5. The smallest absolute Gasteiger partial charge is 0.322 e. The zero-order chi connectivity index (χ0) is 14.5. The van der Waals surface area contributed by atoms with Gasteiger partial charge in [0, 0.05) is 6.54 Å². The first-order valence-electron chi connectivity index (χ1n) is 6.90. The lowest BCUT2D eigenvalue weighted by atomic mass is 10.1. The fraction of sp³-hybridized carbons (Fsp3) is 0.846. The lowest BCUT2D eigenvalue weighted by Gasteiger charge is -2.10. The summed E-state index contributed by atoms with van der Waals surface area (Å²) in [5.41, 5.74) is 5.66. The molecule has 0 aliphatic carbocycles. The molecule has 0 saturated carbocycles. The fourth-order valence-corrected chi connectivity index (χ4v) is 1.53. The van der Waals surface area contributed by atoms with Crippen LogP contribution in [0, 0.1) is 0 Å². The summed E-state index contributed by atoms with van der Waals surface area (Å²) in [5, 5.41) is 3.14. The number of nitrogens with one attached hydrogen (secondary N) is 1. The number of carbonyl (C=O) groups is 2. The van der Waals surface area contributed by atoms with Crippen molar-refractivity contribution in [2.24, 2.45) is 5.73 Å². The third kappa shape index (κ3) is 10.5. The van der Waals surface area contributed by atoms with Crippen molar-refractivity contribution in [1.82, 2.24) is 5.32 Å². The Kier molecular flexibility index (Phi) is 11.2. The fourth-order valence-electron chi connectivity index (χ4n) is 1.53. The molecule has 0 heterocycles. The van der Waals surface area contributed by atoms with Gasteiger partial charge in [-0.25, -0.2) is 0 Å². The minimum atomic E-state index is -0.528. The van der Waals surface area contributed by atoms with Crippen LogP contribution in [0.25, 0.3) is 0 Å². The van der Waals surface area contributed by atoms with Gasteiger partial charge in [0.1, 0.15) is 6.04 Å². The molecule has 0 aromatic carbocycles. The maximum Gasteiger partial charge on any atom is 0.322 e. The molecule has 0 aromatic heterocycles. The second-order valence-electron chi connectivity index (χ2n) is 4.16. The summed E-state index contributed by atoms with van der Waals surface area (Å²) in [7, 11) is 0. The van der Waals surface area contributed by atoms with Crippen LogP contribution in [0.5, 0.6) is 0 Å². The van der Waals surface area contributed by atoms with Crippen molar-refractivity contribution < 1.29 is 19.1 Å². The second-order valence-corrected chi connectivity index (χ2v) is 4.16. The molecular formula is C13H26N2O4. The highest BCUT2D eigenvalue weighted by Crippen LogP contribution is 2.00. The first-order chi connectivity index (χ1) is 9.11. The van der Waals surface area contributed by atoms with E-state index in [0.29, 0.717) is 32.6 Å². The molecule has 19 heavy (non-hydrogen) atoms. The first-order valence-corrected chi connectivity index (χ1v) is 6.90. The van der Waals surface area contributed by atoms with Gasteiger partial charge >= 0.3 is 11.9 Å². The molecule has 6 heteroatoms. The van der Waals surface area contributed by atoms with E-state index in [1.54, 1.807) is 13.8 Å². The molecule has 0 fully saturated rings. The van der Waals surface area contributed by atoms with Crippen LogP contribution in [0.2, 0.25) is 0 Å². The molecule has 0 aliphatic heterocycles. The molecule has 0 amide bonds. The molecule has 0 saturated heterocycles. The largest absolute Gasteiger partial charge is 0.466 e. The Bertz CT molecular complexity index is 259. The quantitative estimate of drug-likeness (QED) is 0.423. The zero-order valence-electron chi connectivity index (χ0n) is 11.9. The van der Waals surface area contributed by atoms with Gasteiger partial charge in [0.15, 0.2) is 0 Å². The van der Waals surface area contributed by atoms with E-state index in [4.69, 9.17) is 15.2 Å². The number of hydrogen-bond acceptors (Lipinski definition) is 6. The SMILES string of the molecule is CCOC(=O)CCNCCCCC(N)C(=O)OCC. The van der Waals surface area contributed by atoms with Crippen LogP contribution >= 0.6 is 0 Å². The third-order valence-corrected chi connectivity index (χ3v) is 2.52. The van der Waals surface area contributed by atoms with E-state index in [1.807, 2.05) is 0 Å². The maximum absolute atomic E-state index is 11.2. The highest BCUT2D eigenvalue weighted by Gasteiger charge is 2.13. The van der Waals surface area contributed by atoms with Crippen LogP contribution in [0.15, 0.2) is 0 Å². The maximum atomic E-state index is 11.2. The monoisotopic (exact) mass is 274 g/mol. The highest BCUT2D eigenvalue weighted by molar-refractivity contribution is 5.75. The number of carbonyl (C=O) groups excluding carboxylic acids is 2. The Morgan fingerprint density at radius 1 is 1.11 bits per heavy atom. The summed E-state index contributed by atoms with van der Waals surface area (Å²) >= 11 is 0. The van der Waals surface area contributed by atoms with Crippen LogP contribution in [0.4, 0.5) is 0 Å². The Labute approximate surface area is 115 Å². The van der Waals surface area contributed by atoms with E-state index in [0.717, 1.165) is 19.4 Å². The van der Waals surface area contributed by atoms with E-state index >= 15 is 0 Å². The molecule has 0 rings (SSSR count). The molecule has 6 nitrogen and oxygen atoms in total. The standard InChI is InChI=1S/C13H26N2O4/c1-3-18-12(16)8-10-15-9-6-5-7-11(14)13(17)19-4-2/h11,15H,3-10,14H2,1-2H3. The molecule has 0 radical (unpaired) electrons. The predicted molar refractivity (Wildman–Crippen MR) is 72.6 cm³/mol. The predicted octanol–water partition coefficient (Wildman–Crippen LogP) is 0.590. The Hall–Kier alpha value is -1.14. The van der Waals surface area contributed by atoms with Crippen molar-refractivity contribution >= 4 is 11.9 Å². The van der Waals surface area contributed by atoms with Crippen molar-refractivity contribution in [3.8, 4) is 0 Å². The summed E-state index contributed by atoms with van der Waals surface area (Å²) in [5.74, 6) is -0.517. The van der Waals surface area contributed by atoms with Crippen LogP contribution in [0.3, 0.4) is 0 Å². The van der Waals surface area contributed by atoms with Gasteiger partial charge in [-0.3, -0.25) is 9.59 Å². The van der Waals surface area contributed by atoms with E-state index in [2.05, 4.69) is 5.32 Å². The Morgan fingerprint density at radius 3 is 2.42 bits per heavy atom. The van der Waals surface area contributed by atoms with Crippen molar-refractivity contribution in [3.63, 3.8) is 0 Å². The second kappa shape index (κ2) is 11.9. The number of hydrogen-bond donors (Lipinski definition) is 2. The number of nitrogens with two attached hydrogens (primary N) is 1. The normalized spacial score (nSPS) is 11.9. The van der Waals surface area contributed by atoms with Gasteiger partial charge < -0.3 is 20.5 Å². The van der Waals surface area contributed by atoms with Gasteiger partial charge in [0.25, 0.3) is 0 Å². The van der Waals surface area contributed by atoms with Gasteiger partial charge in [0.05, 0.1) is 19.6 Å². The van der Waals surface area contributed by atoms with Crippen molar-refractivity contribution in [1.29, 1.82) is 0 Å². The summed E-state index contributed by atoms with van der Waals surface area (Å²) in [6.07, 6.45) is 2.77. The molecule has 1 unspecified atom stereocenters. The summed E-state index contributed by atoms with van der Waals surface area (Å²) in [4.78, 5) is 22.3. The molecule has 0 aromatic rings. The van der Waals surface area contributed by atoms with Crippen molar-refractivity contribution in [2.45, 2.75) is 45.6 Å². The topological polar surface area (TPSA) is 90.6 Å². The average molecular weight is 274 g/mol. The Morgan fingerprint density at radius 2 is 1.79 bits per heavy atom. The molecule has 1 atom stereocenters. The average Bonchev–Trinajstić information content (AvgIpc) is 2.38. The minimum absolute atomic E-state index is 0.181. The molecule has 0 spiro atoms. The van der Waals surface area contributed by atoms with Gasteiger partial charge in [-0.05, 0) is 33.2 Å². The number of esters is 2. The number of ether oxygens (including phenoxy) is 2. The zero-order valence-corrected chi connectivity index (χ0v) is 11.9. The van der Waals surface area contributed by atoms with Crippen LogP contribution in [-0.4, -0.2) is 44.3 Å². The van der Waals surface area contributed by atoms with Gasteiger partial charge in [-0.15, -0.1) is 0 Å². The van der Waals surface area contributed by atoms with Gasteiger partial charge in [-0.1, -0.05) is 6.42 Å². The molecular weight excluding hydrogens is 248 g/mol.